The lowest BCUT2D eigenvalue weighted by atomic mass is 9.85. The SMILES string of the molecule is NC1CCCC(C(=O)NCCc2cc3ccccc3o2)C1. The first kappa shape index (κ1) is 14.1. The lowest BCUT2D eigenvalue weighted by molar-refractivity contribution is -0.126. The fraction of sp³-hybridized carbons (Fsp3) is 0.471. The first-order valence-electron chi connectivity index (χ1n) is 7.73. The quantitative estimate of drug-likeness (QED) is 0.907. The Morgan fingerprint density at radius 1 is 1.33 bits per heavy atom. The van der Waals surface area contributed by atoms with Gasteiger partial charge in [0.05, 0.1) is 0 Å². The second kappa shape index (κ2) is 6.31. The molecular formula is C17H22N2O2. The van der Waals surface area contributed by atoms with E-state index in [9.17, 15) is 4.79 Å². The third-order valence-corrected chi connectivity index (χ3v) is 4.23. The van der Waals surface area contributed by atoms with Gasteiger partial charge in [0.2, 0.25) is 5.91 Å². The molecule has 1 aliphatic rings. The van der Waals surface area contributed by atoms with Crippen molar-refractivity contribution in [2.45, 2.75) is 38.1 Å². The van der Waals surface area contributed by atoms with Gasteiger partial charge >= 0.3 is 0 Å². The highest BCUT2D eigenvalue weighted by Crippen LogP contribution is 2.23. The molecule has 4 heteroatoms. The molecule has 2 unspecified atom stereocenters. The minimum absolute atomic E-state index is 0.0874. The predicted octanol–water partition coefficient (Wildman–Crippen LogP) is 2.61. The van der Waals surface area contributed by atoms with Gasteiger partial charge in [-0.05, 0) is 31.4 Å². The molecule has 0 spiro atoms. The molecule has 21 heavy (non-hydrogen) atoms. The Morgan fingerprint density at radius 3 is 3.00 bits per heavy atom. The number of furan rings is 1. The molecule has 2 aromatic rings. The molecule has 4 nitrogen and oxygen atoms in total. The van der Waals surface area contributed by atoms with E-state index in [0.29, 0.717) is 6.54 Å². The van der Waals surface area contributed by atoms with E-state index < -0.39 is 0 Å². The van der Waals surface area contributed by atoms with E-state index in [1.54, 1.807) is 0 Å². The summed E-state index contributed by atoms with van der Waals surface area (Å²) in [5, 5.41) is 4.12. The molecule has 0 bridgehead atoms. The van der Waals surface area contributed by atoms with Crippen molar-refractivity contribution in [3.05, 3.63) is 36.1 Å². The zero-order valence-corrected chi connectivity index (χ0v) is 12.2. The summed E-state index contributed by atoms with van der Waals surface area (Å²) in [4.78, 5) is 12.1. The van der Waals surface area contributed by atoms with E-state index in [-0.39, 0.29) is 17.9 Å². The predicted molar refractivity (Wildman–Crippen MR) is 82.9 cm³/mol. The van der Waals surface area contributed by atoms with E-state index in [4.69, 9.17) is 10.2 Å². The smallest absolute Gasteiger partial charge is 0.223 e. The molecule has 1 aliphatic carbocycles. The Morgan fingerprint density at radius 2 is 2.19 bits per heavy atom. The third kappa shape index (κ3) is 3.45. The topological polar surface area (TPSA) is 68.3 Å². The van der Waals surface area contributed by atoms with Crippen LogP contribution >= 0.6 is 0 Å². The van der Waals surface area contributed by atoms with Crippen molar-refractivity contribution in [2.75, 3.05) is 6.54 Å². The number of para-hydroxylation sites is 1. The standard InChI is InChI=1S/C17H22N2O2/c18-14-6-3-5-13(10-14)17(20)19-9-8-15-11-12-4-1-2-7-16(12)21-15/h1-2,4,7,11,13-14H,3,5-6,8-10,18H2,(H,19,20). The molecular weight excluding hydrogens is 264 g/mol. The van der Waals surface area contributed by atoms with Gasteiger partial charge in [-0.2, -0.15) is 0 Å². The van der Waals surface area contributed by atoms with Crippen molar-refractivity contribution in [3.63, 3.8) is 0 Å². The van der Waals surface area contributed by atoms with Crippen molar-refractivity contribution >= 4 is 16.9 Å². The summed E-state index contributed by atoms with van der Waals surface area (Å²) in [6.45, 7) is 0.615. The van der Waals surface area contributed by atoms with Gasteiger partial charge in [-0.1, -0.05) is 24.6 Å². The first-order valence-corrected chi connectivity index (χ1v) is 7.73. The Balaban J connectivity index is 1.50. The van der Waals surface area contributed by atoms with Gasteiger partial charge in [-0.3, -0.25) is 4.79 Å². The minimum atomic E-state index is 0.0874. The third-order valence-electron chi connectivity index (χ3n) is 4.23. The average Bonchev–Trinajstić information content (AvgIpc) is 2.89. The number of hydrogen-bond acceptors (Lipinski definition) is 3. The highest BCUT2D eigenvalue weighted by Gasteiger charge is 2.24. The molecule has 3 rings (SSSR count). The van der Waals surface area contributed by atoms with Gasteiger partial charge in [-0.25, -0.2) is 0 Å². The van der Waals surface area contributed by atoms with E-state index in [1.807, 2.05) is 30.3 Å². The van der Waals surface area contributed by atoms with Crippen molar-refractivity contribution in [1.82, 2.24) is 5.32 Å². The number of amides is 1. The largest absolute Gasteiger partial charge is 0.461 e. The first-order chi connectivity index (χ1) is 10.2. The van der Waals surface area contributed by atoms with E-state index in [1.165, 1.54) is 0 Å². The molecule has 1 amide bonds. The van der Waals surface area contributed by atoms with Crippen molar-refractivity contribution in [3.8, 4) is 0 Å². The lowest BCUT2D eigenvalue weighted by Gasteiger charge is -2.25. The number of carbonyl (C=O) groups is 1. The van der Waals surface area contributed by atoms with Crippen LogP contribution in [0.2, 0.25) is 0 Å². The number of rotatable bonds is 4. The van der Waals surface area contributed by atoms with E-state index in [2.05, 4.69) is 5.32 Å². The normalized spacial score (nSPS) is 22.3. The number of hydrogen-bond donors (Lipinski definition) is 2. The number of nitrogens with one attached hydrogen (secondary N) is 1. The van der Waals surface area contributed by atoms with Crippen LogP contribution in [0.4, 0.5) is 0 Å². The summed E-state index contributed by atoms with van der Waals surface area (Å²) in [7, 11) is 0. The van der Waals surface area contributed by atoms with Crippen LogP contribution in [0.5, 0.6) is 0 Å². The Hall–Kier alpha value is -1.81. The van der Waals surface area contributed by atoms with Gasteiger partial charge in [-0.15, -0.1) is 0 Å². The van der Waals surface area contributed by atoms with Crippen LogP contribution < -0.4 is 11.1 Å². The zero-order chi connectivity index (χ0) is 14.7. The lowest BCUT2D eigenvalue weighted by Crippen LogP contribution is -2.38. The highest BCUT2D eigenvalue weighted by atomic mass is 16.3. The van der Waals surface area contributed by atoms with Crippen LogP contribution in [-0.2, 0) is 11.2 Å². The van der Waals surface area contributed by atoms with Crippen molar-refractivity contribution < 1.29 is 9.21 Å². The molecule has 0 saturated heterocycles. The number of fused-ring (bicyclic) bond motifs is 1. The zero-order valence-electron chi connectivity index (χ0n) is 12.2. The van der Waals surface area contributed by atoms with Crippen LogP contribution in [0.15, 0.2) is 34.7 Å². The molecule has 1 fully saturated rings. The maximum Gasteiger partial charge on any atom is 0.223 e. The van der Waals surface area contributed by atoms with Gasteiger partial charge in [0.15, 0.2) is 0 Å². The minimum Gasteiger partial charge on any atom is -0.461 e. The molecule has 0 aliphatic heterocycles. The van der Waals surface area contributed by atoms with Crippen LogP contribution in [0.3, 0.4) is 0 Å². The van der Waals surface area contributed by atoms with Crippen molar-refractivity contribution in [2.24, 2.45) is 11.7 Å². The van der Waals surface area contributed by atoms with Crippen LogP contribution in [0, 0.1) is 5.92 Å². The Bertz CT molecular complexity index is 587. The highest BCUT2D eigenvalue weighted by molar-refractivity contribution is 5.79. The average molecular weight is 286 g/mol. The molecule has 0 radical (unpaired) electrons. The fourth-order valence-corrected chi connectivity index (χ4v) is 3.08. The van der Waals surface area contributed by atoms with Crippen LogP contribution in [0.25, 0.3) is 11.0 Å². The summed E-state index contributed by atoms with van der Waals surface area (Å²) in [6.07, 6.45) is 4.60. The molecule has 1 saturated carbocycles. The van der Waals surface area contributed by atoms with E-state index in [0.717, 1.165) is 48.8 Å². The van der Waals surface area contributed by atoms with Gasteiger partial charge in [0.1, 0.15) is 11.3 Å². The number of carbonyl (C=O) groups excluding carboxylic acids is 1. The summed E-state index contributed by atoms with van der Waals surface area (Å²) in [5.41, 5.74) is 6.83. The maximum atomic E-state index is 12.1. The molecule has 2 atom stereocenters. The Kier molecular flexibility index (Phi) is 4.25. The van der Waals surface area contributed by atoms with Gasteiger partial charge in [0, 0.05) is 30.3 Å². The van der Waals surface area contributed by atoms with Gasteiger partial charge in [0.25, 0.3) is 0 Å². The molecule has 1 heterocycles. The van der Waals surface area contributed by atoms with Crippen LogP contribution in [0.1, 0.15) is 31.4 Å². The summed E-state index contributed by atoms with van der Waals surface area (Å²) < 4.78 is 5.74. The second-order valence-corrected chi connectivity index (χ2v) is 5.92. The maximum absolute atomic E-state index is 12.1. The molecule has 3 N–H and O–H groups in total. The van der Waals surface area contributed by atoms with Gasteiger partial charge < -0.3 is 15.5 Å². The number of benzene rings is 1. The monoisotopic (exact) mass is 286 g/mol. The summed E-state index contributed by atoms with van der Waals surface area (Å²) in [5.74, 6) is 1.14. The number of nitrogens with two attached hydrogens (primary N) is 1. The molecule has 1 aromatic heterocycles. The fourth-order valence-electron chi connectivity index (χ4n) is 3.08. The van der Waals surface area contributed by atoms with Crippen molar-refractivity contribution in [1.29, 1.82) is 0 Å². The molecule has 1 aromatic carbocycles. The summed E-state index contributed by atoms with van der Waals surface area (Å²) >= 11 is 0. The second-order valence-electron chi connectivity index (χ2n) is 5.92. The Labute approximate surface area is 124 Å². The van der Waals surface area contributed by atoms with Crippen LogP contribution in [-0.4, -0.2) is 18.5 Å². The summed E-state index contributed by atoms with van der Waals surface area (Å²) in [6, 6.07) is 10.2. The molecule has 112 valence electrons. The van der Waals surface area contributed by atoms with E-state index >= 15 is 0 Å².